The van der Waals surface area contributed by atoms with E-state index in [0.717, 1.165) is 12.0 Å². The lowest BCUT2D eigenvalue weighted by Gasteiger charge is -2.17. The summed E-state index contributed by atoms with van der Waals surface area (Å²) >= 11 is 7.63. The molecule has 2 rings (SSSR count). The lowest BCUT2D eigenvalue weighted by Crippen LogP contribution is -2.26. The molecule has 2 aromatic rings. The van der Waals surface area contributed by atoms with E-state index in [1.54, 1.807) is 16.2 Å². The van der Waals surface area contributed by atoms with Crippen molar-refractivity contribution in [2.45, 2.75) is 19.4 Å². The van der Waals surface area contributed by atoms with E-state index in [0.29, 0.717) is 18.0 Å². The van der Waals surface area contributed by atoms with Crippen molar-refractivity contribution >= 4 is 28.8 Å². The van der Waals surface area contributed by atoms with Crippen LogP contribution in [0.3, 0.4) is 0 Å². The van der Waals surface area contributed by atoms with E-state index in [4.69, 9.17) is 11.6 Å². The summed E-state index contributed by atoms with van der Waals surface area (Å²) in [5.74, 6) is 0.161. The Kier molecular flexibility index (Phi) is 5.00. The molecule has 0 aliphatic heterocycles. The van der Waals surface area contributed by atoms with E-state index in [-0.39, 0.29) is 5.91 Å². The molecule has 0 aliphatic carbocycles. The van der Waals surface area contributed by atoms with Gasteiger partial charge in [-0.05, 0) is 35.6 Å². The second-order valence-electron chi connectivity index (χ2n) is 4.46. The zero-order valence-corrected chi connectivity index (χ0v) is 12.4. The van der Waals surface area contributed by atoms with Crippen LogP contribution in [0.4, 0.5) is 0 Å². The molecule has 0 saturated heterocycles. The van der Waals surface area contributed by atoms with E-state index in [9.17, 15) is 4.79 Å². The predicted octanol–water partition coefficient (Wildman–Crippen LogP) is 3.99. The first-order valence-corrected chi connectivity index (χ1v) is 7.41. The smallest absolute Gasteiger partial charge is 0.222 e. The van der Waals surface area contributed by atoms with Crippen LogP contribution >= 0.6 is 22.9 Å². The van der Waals surface area contributed by atoms with Gasteiger partial charge in [-0.25, -0.2) is 0 Å². The SMILES string of the molecule is CN(Cc1cccc(Cl)c1)C(=O)CCc1cccs1. The summed E-state index contributed by atoms with van der Waals surface area (Å²) in [7, 11) is 1.83. The molecular weight excluding hydrogens is 278 g/mol. The Morgan fingerprint density at radius 2 is 2.16 bits per heavy atom. The van der Waals surface area contributed by atoms with Crippen LogP contribution in [0.25, 0.3) is 0 Å². The molecule has 0 radical (unpaired) electrons. The number of amides is 1. The maximum absolute atomic E-state index is 12.0. The van der Waals surface area contributed by atoms with Crippen molar-refractivity contribution < 1.29 is 4.79 Å². The van der Waals surface area contributed by atoms with Crippen LogP contribution in [0.5, 0.6) is 0 Å². The molecule has 1 amide bonds. The second-order valence-corrected chi connectivity index (χ2v) is 5.93. The number of nitrogens with zero attached hydrogens (tertiary/aromatic N) is 1. The second kappa shape index (κ2) is 6.73. The summed E-state index contributed by atoms with van der Waals surface area (Å²) in [6.45, 7) is 0.601. The molecular formula is C15H16ClNOS. The van der Waals surface area contributed by atoms with Gasteiger partial charge >= 0.3 is 0 Å². The number of hydrogen-bond donors (Lipinski definition) is 0. The third-order valence-electron chi connectivity index (χ3n) is 2.90. The molecule has 2 nitrogen and oxygen atoms in total. The van der Waals surface area contributed by atoms with Crippen LogP contribution in [-0.4, -0.2) is 17.9 Å². The molecule has 0 bridgehead atoms. The number of hydrogen-bond acceptors (Lipinski definition) is 2. The Morgan fingerprint density at radius 1 is 1.32 bits per heavy atom. The first-order valence-electron chi connectivity index (χ1n) is 6.16. The monoisotopic (exact) mass is 293 g/mol. The van der Waals surface area contributed by atoms with Gasteiger partial charge in [-0.1, -0.05) is 29.8 Å². The van der Waals surface area contributed by atoms with Crippen LogP contribution in [0.1, 0.15) is 16.9 Å². The quantitative estimate of drug-likeness (QED) is 0.816. The fourth-order valence-electron chi connectivity index (χ4n) is 1.87. The van der Waals surface area contributed by atoms with Crippen LogP contribution in [-0.2, 0) is 17.8 Å². The molecule has 0 aliphatic rings. The molecule has 0 atom stereocenters. The highest BCUT2D eigenvalue weighted by Gasteiger charge is 2.09. The van der Waals surface area contributed by atoms with E-state index in [1.165, 1.54) is 4.88 Å². The van der Waals surface area contributed by atoms with Crippen molar-refractivity contribution in [1.29, 1.82) is 0 Å². The van der Waals surface area contributed by atoms with Gasteiger partial charge in [-0.3, -0.25) is 4.79 Å². The largest absolute Gasteiger partial charge is 0.341 e. The number of rotatable bonds is 5. The fraction of sp³-hybridized carbons (Fsp3) is 0.267. The van der Waals surface area contributed by atoms with Gasteiger partial charge in [0.25, 0.3) is 0 Å². The first-order chi connectivity index (χ1) is 9.15. The lowest BCUT2D eigenvalue weighted by molar-refractivity contribution is -0.130. The summed E-state index contributed by atoms with van der Waals surface area (Å²) in [5, 5.41) is 2.74. The first kappa shape index (κ1) is 14.1. The van der Waals surface area contributed by atoms with Gasteiger partial charge in [0.15, 0.2) is 0 Å². The van der Waals surface area contributed by atoms with Crippen molar-refractivity contribution in [3.63, 3.8) is 0 Å². The van der Waals surface area contributed by atoms with Gasteiger partial charge in [-0.2, -0.15) is 0 Å². The van der Waals surface area contributed by atoms with E-state index < -0.39 is 0 Å². The topological polar surface area (TPSA) is 20.3 Å². The maximum Gasteiger partial charge on any atom is 0.222 e. The van der Waals surface area contributed by atoms with Gasteiger partial charge < -0.3 is 4.90 Å². The number of carbonyl (C=O) groups is 1. The number of aryl methyl sites for hydroxylation is 1. The minimum atomic E-state index is 0.161. The summed E-state index contributed by atoms with van der Waals surface area (Å²) in [6.07, 6.45) is 1.37. The Morgan fingerprint density at radius 3 is 2.84 bits per heavy atom. The highest BCUT2D eigenvalue weighted by molar-refractivity contribution is 7.09. The highest BCUT2D eigenvalue weighted by atomic mass is 35.5. The Bertz CT molecular complexity index is 539. The number of carbonyl (C=O) groups excluding carboxylic acids is 1. The summed E-state index contributed by atoms with van der Waals surface area (Å²) in [5.41, 5.74) is 1.06. The Balaban J connectivity index is 1.85. The normalized spacial score (nSPS) is 10.4. The molecule has 1 aromatic carbocycles. The van der Waals surface area contributed by atoms with Crippen LogP contribution < -0.4 is 0 Å². The van der Waals surface area contributed by atoms with Crippen LogP contribution in [0.15, 0.2) is 41.8 Å². The van der Waals surface area contributed by atoms with Gasteiger partial charge in [-0.15, -0.1) is 11.3 Å². The van der Waals surface area contributed by atoms with E-state index in [2.05, 4.69) is 6.07 Å². The van der Waals surface area contributed by atoms with Gasteiger partial charge in [0.1, 0.15) is 0 Å². The van der Waals surface area contributed by atoms with Crippen molar-refractivity contribution in [3.8, 4) is 0 Å². The molecule has 1 aromatic heterocycles. The maximum atomic E-state index is 12.0. The zero-order chi connectivity index (χ0) is 13.7. The minimum absolute atomic E-state index is 0.161. The van der Waals surface area contributed by atoms with Crippen molar-refractivity contribution in [1.82, 2.24) is 4.90 Å². The predicted molar refractivity (Wildman–Crippen MR) is 80.6 cm³/mol. The number of benzene rings is 1. The molecule has 19 heavy (non-hydrogen) atoms. The molecule has 1 heterocycles. The van der Waals surface area contributed by atoms with Crippen LogP contribution in [0.2, 0.25) is 5.02 Å². The van der Waals surface area contributed by atoms with Gasteiger partial charge in [0, 0.05) is 29.9 Å². The lowest BCUT2D eigenvalue weighted by atomic mass is 10.2. The summed E-state index contributed by atoms with van der Waals surface area (Å²) < 4.78 is 0. The van der Waals surface area contributed by atoms with E-state index in [1.807, 2.05) is 42.8 Å². The highest BCUT2D eigenvalue weighted by Crippen LogP contribution is 2.14. The van der Waals surface area contributed by atoms with Gasteiger partial charge in [0.05, 0.1) is 0 Å². The summed E-state index contributed by atoms with van der Waals surface area (Å²) in [6, 6.07) is 11.7. The minimum Gasteiger partial charge on any atom is -0.341 e. The zero-order valence-electron chi connectivity index (χ0n) is 10.8. The van der Waals surface area contributed by atoms with E-state index >= 15 is 0 Å². The van der Waals surface area contributed by atoms with Crippen molar-refractivity contribution in [2.75, 3.05) is 7.05 Å². The molecule has 0 saturated carbocycles. The summed E-state index contributed by atoms with van der Waals surface area (Å²) in [4.78, 5) is 15.0. The molecule has 100 valence electrons. The fourth-order valence-corrected chi connectivity index (χ4v) is 2.80. The van der Waals surface area contributed by atoms with Crippen molar-refractivity contribution in [3.05, 3.63) is 57.2 Å². The average Bonchev–Trinajstić information content (AvgIpc) is 2.89. The third kappa shape index (κ3) is 4.37. The standard InChI is InChI=1S/C15H16ClNOS/c1-17(11-12-4-2-5-13(16)10-12)15(18)8-7-14-6-3-9-19-14/h2-6,9-10H,7-8,11H2,1H3. The average molecular weight is 294 g/mol. The molecule has 0 spiro atoms. The van der Waals surface area contributed by atoms with Crippen molar-refractivity contribution in [2.24, 2.45) is 0 Å². The Hall–Kier alpha value is -1.32. The number of thiophene rings is 1. The number of halogens is 1. The van der Waals surface area contributed by atoms with Gasteiger partial charge in [0.2, 0.25) is 5.91 Å². The molecule has 0 N–H and O–H groups in total. The molecule has 0 unspecified atom stereocenters. The Labute approximate surface area is 122 Å². The van der Waals surface area contributed by atoms with Crippen LogP contribution in [0, 0.1) is 0 Å². The third-order valence-corrected chi connectivity index (χ3v) is 4.07. The molecule has 4 heteroatoms. The molecule has 0 fully saturated rings.